The quantitative estimate of drug-likeness (QED) is 0.697. The van der Waals surface area contributed by atoms with Crippen LogP contribution in [0.5, 0.6) is 0 Å². The molecule has 1 aromatic heterocycles. The average molecular weight is 223 g/mol. The fourth-order valence-electron chi connectivity index (χ4n) is 1.43. The third kappa shape index (κ3) is 1.55. The van der Waals surface area contributed by atoms with Crippen LogP contribution in [0.1, 0.15) is 16.1 Å². The fraction of sp³-hybridized carbons (Fsp3) is 0.0909. The van der Waals surface area contributed by atoms with Crippen LogP contribution in [0.4, 0.5) is 0 Å². The standard InChI is InChI=1S/C11H7ClO3/c1-6-9(5-13)11(14)8-4-7(12)2-3-10(8)15-6/h2-5H,1H3. The van der Waals surface area contributed by atoms with Gasteiger partial charge < -0.3 is 4.42 Å². The van der Waals surface area contributed by atoms with Crippen molar-refractivity contribution in [1.82, 2.24) is 0 Å². The zero-order valence-corrected chi connectivity index (χ0v) is 8.67. The van der Waals surface area contributed by atoms with Crippen LogP contribution in [0, 0.1) is 6.92 Å². The molecule has 0 fully saturated rings. The van der Waals surface area contributed by atoms with E-state index in [2.05, 4.69) is 0 Å². The molecule has 0 aliphatic heterocycles. The Hall–Kier alpha value is -1.61. The number of carbonyl (C=O) groups is 1. The number of carbonyl (C=O) groups excluding carboxylic acids is 1. The van der Waals surface area contributed by atoms with Crippen LogP contribution in [0.2, 0.25) is 5.02 Å². The molecule has 0 aliphatic rings. The highest BCUT2D eigenvalue weighted by molar-refractivity contribution is 6.31. The largest absolute Gasteiger partial charge is 0.460 e. The van der Waals surface area contributed by atoms with E-state index in [1.54, 1.807) is 19.1 Å². The molecule has 1 heterocycles. The van der Waals surface area contributed by atoms with E-state index in [0.29, 0.717) is 28.0 Å². The highest BCUT2D eigenvalue weighted by atomic mass is 35.5. The van der Waals surface area contributed by atoms with Gasteiger partial charge in [-0.2, -0.15) is 0 Å². The van der Waals surface area contributed by atoms with Crippen molar-refractivity contribution < 1.29 is 9.21 Å². The average Bonchev–Trinajstić information content (AvgIpc) is 2.20. The minimum absolute atomic E-state index is 0.0461. The molecule has 0 bridgehead atoms. The van der Waals surface area contributed by atoms with Crippen LogP contribution < -0.4 is 5.43 Å². The molecule has 0 N–H and O–H groups in total. The zero-order chi connectivity index (χ0) is 11.0. The first-order valence-corrected chi connectivity index (χ1v) is 4.69. The number of fused-ring (bicyclic) bond motifs is 1. The number of halogens is 1. The molecule has 1 aromatic carbocycles. The number of hydrogen-bond acceptors (Lipinski definition) is 3. The normalized spacial score (nSPS) is 10.5. The smallest absolute Gasteiger partial charge is 0.203 e. The second-order valence-corrected chi connectivity index (χ2v) is 3.60. The van der Waals surface area contributed by atoms with Gasteiger partial charge in [0.2, 0.25) is 5.43 Å². The van der Waals surface area contributed by atoms with Crippen LogP contribution in [0.3, 0.4) is 0 Å². The Bertz CT molecular complexity index is 599. The summed E-state index contributed by atoms with van der Waals surface area (Å²) in [6, 6.07) is 4.74. The van der Waals surface area contributed by atoms with Gasteiger partial charge in [-0.1, -0.05) is 11.6 Å². The Morgan fingerprint density at radius 3 is 2.80 bits per heavy atom. The monoisotopic (exact) mass is 222 g/mol. The number of hydrogen-bond donors (Lipinski definition) is 0. The first-order valence-electron chi connectivity index (χ1n) is 4.31. The van der Waals surface area contributed by atoms with Gasteiger partial charge in [-0.3, -0.25) is 9.59 Å². The van der Waals surface area contributed by atoms with Crippen LogP contribution in [0.25, 0.3) is 11.0 Å². The Morgan fingerprint density at radius 2 is 2.13 bits per heavy atom. The van der Waals surface area contributed by atoms with Gasteiger partial charge in [-0.15, -0.1) is 0 Å². The number of aryl methyl sites for hydroxylation is 1. The first kappa shape index (κ1) is 9.93. The molecule has 76 valence electrons. The van der Waals surface area contributed by atoms with Crippen LogP contribution in [-0.4, -0.2) is 6.29 Å². The zero-order valence-electron chi connectivity index (χ0n) is 7.91. The van der Waals surface area contributed by atoms with Crippen molar-refractivity contribution in [3.05, 3.63) is 44.8 Å². The van der Waals surface area contributed by atoms with Crippen LogP contribution in [0.15, 0.2) is 27.4 Å². The molecule has 0 saturated carbocycles. The maximum Gasteiger partial charge on any atom is 0.203 e. The Balaban J connectivity index is 2.99. The lowest BCUT2D eigenvalue weighted by atomic mass is 10.1. The van der Waals surface area contributed by atoms with Gasteiger partial charge in [0.15, 0.2) is 6.29 Å². The second-order valence-electron chi connectivity index (χ2n) is 3.16. The van der Waals surface area contributed by atoms with Crippen molar-refractivity contribution in [1.29, 1.82) is 0 Å². The fourth-order valence-corrected chi connectivity index (χ4v) is 1.60. The number of benzene rings is 1. The highest BCUT2D eigenvalue weighted by Crippen LogP contribution is 2.18. The third-order valence-electron chi connectivity index (χ3n) is 2.19. The maximum atomic E-state index is 11.8. The van der Waals surface area contributed by atoms with Gasteiger partial charge in [-0.05, 0) is 25.1 Å². The van der Waals surface area contributed by atoms with Crippen molar-refractivity contribution >= 4 is 28.9 Å². The lowest BCUT2D eigenvalue weighted by molar-refractivity contribution is 0.112. The molecule has 4 heteroatoms. The molecule has 2 rings (SSSR count). The van der Waals surface area contributed by atoms with Gasteiger partial charge in [0.25, 0.3) is 0 Å². The summed E-state index contributed by atoms with van der Waals surface area (Å²) in [5.74, 6) is 0.324. The molecule has 0 radical (unpaired) electrons. The molecule has 0 amide bonds. The summed E-state index contributed by atoms with van der Waals surface area (Å²) in [4.78, 5) is 22.5. The molecule has 2 aromatic rings. The van der Waals surface area contributed by atoms with Crippen molar-refractivity contribution in [3.8, 4) is 0 Å². The Labute approximate surface area is 90.3 Å². The molecule has 0 atom stereocenters. The molecule has 15 heavy (non-hydrogen) atoms. The minimum atomic E-state index is -0.341. The predicted octanol–water partition coefficient (Wildman–Crippen LogP) is 2.57. The SMILES string of the molecule is Cc1oc2ccc(Cl)cc2c(=O)c1C=O. The van der Waals surface area contributed by atoms with E-state index in [0.717, 1.165) is 0 Å². The van der Waals surface area contributed by atoms with Crippen molar-refractivity contribution in [2.24, 2.45) is 0 Å². The van der Waals surface area contributed by atoms with Gasteiger partial charge in [0.05, 0.1) is 5.39 Å². The summed E-state index contributed by atoms with van der Waals surface area (Å²) in [5, 5.41) is 0.769. The summed E-state index contributed by atoms with van der Waals surface area (Å²) >= 11 is 5.76. The summed E-state index contributed by atoms with van der Waals surface area (Å²) in [5.41, 5.74) is 0.142. The lowest BCUT2D eigenvalue weighted by Gasteiger charge is -2.01. The summed E-state index contributed by atoms with van der Waals surface area (Å²) in [7, 11) is 0. The molecule has 0 spiro atoms. The molecular formula is C11H7ClO3. The van der Waals surface area contributed by atoms with Crippen molar-refractivity contribution in [3.63, 3.8) is 0 Å². The summed E-state index contributed by atoms with van der Waals surface area (Å²) in [6.07, 6.45) is 0.501. The third-order valence-corrected chi connectivity index (χ3v) is 2.43. The van der Waals surface area contributed by atoms with Gasteiger partial charge in [0, 0.05) is 5.02 Å². The van der Waals surface area contributed by atoms with Crippen molar-refractivity contribution in [2.45, 2.75) is 6.92 Å². The van der Waals surface area contributed by atoms with E-state index >= 15 is 0 Å². The number of rotatable bonds is 1. The van der Waals surface area contributed by atoms with E-state index in [9.17, 15) is 9.59 Å². The summed E-state index contributed by atoms with van der Waals surface area (Å²) in [6.45, 7) is 1.58. The molecule has 3 nitrogen and oxygen atoms in total. The summed E-state index contributed by atoms with van der Waals surface area (Å²) < 4.78 is 5.33. The van der Waals surface area contributed by atoms with E-state index < -0.39 is 0 Å². The number of aldehydes is 1. The molecular weight excluding hydrogens is 216 g/mol. The van der Waals surface area contributed by atoms with Crippen molar-refractivity contribution in [2.75, 3.05) is 0 Å². The highest BCUT2D eigenvalue weighted by Gasteiger charge is 2.10. The Morgan fingerprint density at radius 1 is 1.40 bits per heavy atom. The first-order chi connectivity index (χ1) is 7.13. The van der Waals surface area contributed by atoms with Gasteiger partial charge >= 0.3 is 0 Å². The lowest BCUT2D eigenvalue weighted by Crippen LogP contribution is -2.10. The topological polar surface area (TPSA) is 47.3 Å². The molecule has 0 aliphatic carbocycles. The second kappa shape index (κ2) is 3.51. The van der Waals surface area contributed by atoms with Crippen LogP contribution >= 0.6 is 11.6 Å². The van der Waals surface area contributed by atoms with Gasteiger partial charge in [0.1, 0.15) is 16.9 Å². The van der Waals surface area contributed by atoms with Gasteiger partial charge in [-0.25, -0.2) is 0 Å². The van der Waals surface area contributed by atoms with E-state index in [-0.39, 0.29) is 11.0 Å². The predicted molar refractivity (Wildman–Crippen MR) is 57.6 cm³/mol. The Kier molecular flexibility index (Phi) is 2.32. The van der Waals surface area contributed by atoms with E-state index in [1.165, 1.54) is 6.07 Å². The van der Waals surface area contributed by atoms with E-state index in [1.807, 2.05) is 0 Å². The maximum absolute atomic E-state index is 11.8. The van der Waals surface area contributed by atoms with E-state index in [4.69, 9.17) is 16.0 Å². The minimum Gasteiger partial charge on any atom is -0.460 e. The molecule has 0 saturated heterocycles. The van der Waals surface area contributed by atoms with Crippen LogP contribution in [-0.2, 0) is 0 Å². The molecule has 0 unspecified atom stereocenters.